The van der Waals surface area contributed by atoms with Crippen LogP contribution in [0.5, 0.6) is 5.75 Å². The minimum atomic E-state index is -4.06. The molecule has 0 spiro atoms. The number of hydrogen-bond acceptors (Lipinski definition) is 6. The van der Waals surface area contributed by atoms with E-state index in [1.807, 2.05) is 0 Å². The number of benzene rings is 3. The fraction of sp³-hybridized carbons (Fsp3) is 0. The lowest BCUT2D eigenvalue weighted by Gasteiger charge is -2.09. The van der Waals surface area contributed by atoms with Crippen LogP contribution in [0.15, 0.2) is 76.6 Å². The van der Waals surface area contributed by atoms with Crippen molar-refractivity contribution in [1.82, 2.24) is 0 Å². The second-order valence-electron chi connectivity index (χ2n) is 5.71. The Bertz CT molecular complexity index is 1180. The normalized spacial score (nSPS) is 11.5. The molecule has 7 nitrogen and oxygen atoms in total. The molecule has 148 valence electrons. The molecular weight excluding hydrogens is 439 g/mol. The number of nitrogens with zero attached hydrogens (tertiary/aromatic N) is 2. The summed E-state index contributed by atoms with van der Waals surface area (Å²) in [6.07, 6.45) is 1.49. The third kappa shape index (κ3) is 5.32. The smallest absolute Gasteiger partial charge is 0.339 e. The number of halogens is 2. The molecule has 0 aliphatic rings. The minimum absolute atomic E-state index is 0.0320. The number of rotatable bonds is 6. The lowest BCUT2D eigenvalue weighted by Crippen LogP contribution is -2.10. The van der Waals surface area contributed by atoms with E-state index in [-0.39, 0.29) is 21.4 Å². The average molecular weight is 451 g/mol. The summed E-state index contributed by atoms with van der Waals surface area (Å²) in [7, 11) is -4.06. The van der Waals surface area contributed by atoms with Crippen LogP contribution in [0.2, 0.25) is 10.0 Å². The monoisotopic (exact) mass is 450 g/mol. The summed E-state index contributed by atoms with van der Waals surface area (Å²) in [5.41, 5.74) is 1.07. The van der Waals surface area contributed by atoms with Gasteiger partial charge in [-0.15, -0.1) is 0 Å². The molecule has 3 rings (SSSR count). The van der Waals surface area contributed by atoms with Gasteiger partial charge in [-0.2, -0.15) is 8.42 Å². The standard InChI is InChI=1S/C19H12Cl2N2O5S/c20-14-2-8-17(9-3-14)29(26,27)28-19-10-1-13(11-18(19)21)12-22-15-4-6-16(7-5-15)23(24)25/h1-12H. The molecule has 3 aromatic carbocycles. The molecule has 0 radical (unpaired) electrons. The lowest BCUT2D eigenvalue weighted by molar-refractivity contribution is -0.384. The number of non-ortho nitro benzene ring substituents is 1. The third-order valence-electron chi connectivity index (χ3n) is 3.68. The molecule has 0 aromatic heterocycles. The highest BCUT2D eigenvalue weighted by Crippen LogP contribution is 2.29. The second-order valence-corrected chi connectivity index (χ2v) is 8.10. The number of nitro groups is 1. The summed E-state index contributed by atoms with van der Waals surface area (Å²) in [6.45, 7) is 0. The Balaban J connectivity index is 1.76. The molecule has 0 aliphatic carbocycles. The zero-order valence-electron chi connectivity index (χ0n) is 14.5. The highest BCUT2D eigenvalue weighted by atomic mass is 35.5. The first-order valence-corrected chi connectivity index (χ1v) is 10.2. The Hall–Kier alpha value is -2.94. The molecule has 0 unspecified atom stereocenters. The van der Waals surface area contributed by atoms with E-state index in [9.17, 15) is 18.5 Å². The fourth-order valence-electron chi connectivity index (χ4n) is 2.24. The summed E-state index contributed by atoms with van der Waals surface area (Å²) < 4.78 is 29.8. The van der Waals surface area contributed by atoms with E-state index < -0.39 is 15.0 Å². The van der Waals surface area contributed by atoms with E-state index in [2.05, 4.69) is 4.99 Å². The number of aliphatic imine (C=N–C) groups is 1. The number of hydrogen-bond donors (Lipinski definition) is 0. The minimum Gasteiger partial charge on any atom is -0.377 e. The summed E-state index contributed by atoms with van der Waals surface area (Å²) in [5.74, 6) is -0.0332. The van der Waals surface area contributed by atoms with Gasteiger partial charge in [0.25, 0.3) is 5.69 Å². The van der Waals surface area contributed by atoms with Crippen LogP contribution in [-0.4, -0.2) is 19.6 Å². The van der Waals surface area contributed by atoms with Crippen molar-refractivity contribution in [2.24, 2.45) is 4.99 Å². The molecule has 0 heterocycles. The van der Waals surface area contributed by atoms with Gasteiger partial charge in [0, 0.05) is 23.4 Å². The third-order valence-corrected chi connectivity index (χ3v) is 5.48. The van der Waals surface area contributed by atoms with Gasteiger partial charge in [-0.1, -0.05) is 23.2 Å². The Morgan fingerprint density at radius 1 is 0.966 bits per heavy atom. The predicted octanol–water partition coefficient (Wildman–Crippen LogP) is 5.42. The van der Waals surface area contributed by atoms with Gasteiger partial charge in [0.1, 0.15) is 4.90 Å². The van der Waals surface area contributed by atoms with Crippen LogP contribution in [0.3, 0.4) is 0 Å². The Kier molecular flexibility index (Phi) is 6.17. The molecule has 10 heteroatoms. The highest BCUT2D eigenvalue weighted by Gasteiger charge is 2.18. The first-order chi connectivity index (χ1) is 13.7. The van der Waals surface area contributed by atoms with Gasteiger partial charge < -0.3 is 4.18 Å². The maximum atomic E-state index is 12.3. The van der Waals surface area contributed by atoms with Gasteiger partial charge in [0.05, 0.1) is 15.6 Å². The van der Waals surface area contributed by atoms with Gasteiger partial charge >= 0.3 is 10.1 Å². The van der Waals surface area contributed by atoms with Crippen molar-refractivity contribution in [2.45, 2.75) is 4.90 Å². The van der Waals surface area contributed by atoms with E-state index in [0.717, 1.165) is 0 Å². The molecule has 0 aliphatic heterocycles. The first-order valence-electron chi connectivity index (χ1n) is 8.03. The maximum absolute atomic E-state index is 12.3. The van der Waals surface area contributed by atoms with Crippen LogP contribution in [0, 0.1) is 10.1 Å². The molecule has 0 N–H and O–H groups in total. The van der Waals surface area contributed by atoms with Crippen LogP contribution in [-0.2, 0) is 10.1 Å². The number of nitro benzene ring substituents is 1. The van der Waals surface area contributed by atoms with E-state index in [4.69, 9.17) is 27.4 Å². The zero-order valence-corrected chi connectivity index (χ0v) is 16.9. The fourth-order valence-corrected chi connectivity index (χ4v) is 3.59. The van der Waals surface area contributed by atoms with Gasteiger partial charge in [-0.25, -0.2) is 0 Å². The molecule has 0 bridgehead atoms. The van der Waals surface area contributed by atoms with Crippen LogP contribution in [0.1, 0.15) is 5.56 Å². The van der Waals surface area contributed by atoms with Crippen molar-refractivity contribution in [2.75, 3.05) is 0 Å². The van der Waals surface area contributed by atoms with Crippen LogP contribution in [0.25, 0.3) is 0 Å². The van der Waals surface area contributed by atoms with Crippen molar-refractivity contribution in [3.8, 4) is 5.75 Å². The van der Waals surface area contributed by atoms with Crippen LogP contribution >= 0.6 is 23.2 Å². The molecular formula is C19H12Cl2N2O5S. The lowest BCUT2D eigenvalue weighted by atomic mass is 10.2. The maximum Gasteiger partial charge on any atom is 0.339 e. The van der Waals surface area contributed by atoms with Gasteiger partial charge in [0.15, 0.2) is 5.75 Å². The molecule has 0 amide bonds. The molecule has 0 atom stereocenters. The molecule has 0 saturated heterocycles. The van der Waals surface area contributed by atoms with Crippen molar-refractivity contribution in [3.63, 3.8) is 0 Å². The second kappa shape index (κ2) is 8.60. The Morgan fingerprint density at radius 3 is 2.21 bits per heavy atom. The van der Waals surface area contributed by atoms with Crippen LogP contribution < -0.4 is 4.18 Å². The van der Waals surface area contributed by atoms with Gasteiger partial charge in [-0.3, -0.25) is 15.1 Å². The molecule has 0 saturated carbocycles. The molecule has 3 aromatic rings. The van der Waals surface area contributed by atoms with E-state index >= 15 is 0 Å². The van der Waals surface area contributed by atoms with Gasteiger partial charge in [-0.05, 0) is 60.2 Å². The molecule has 0 fully saturated rings. The Morgan fingerprint density at radius 2 is 1.62 bits per heavy atom. The summed E-state index contributed by atoms with van der Waals surface area (Å²) in [5, 5.41) is 11.1. The average Bonchev–Trinajstić information content (AvgIpc) is 2.69. The van der Waals surface area contributed by atoms with E-state index in [1.54, 1.807) is 6.07 Å². The topological polar surface area (TPSA) is 98.9 Å². The van der Waals surface area contributed by atoms with E-state index in [0.29, 0.717) is 16.3 Å². The summed E-state index contributed by atoms with van der Waals surface area (Å²) in [4.78, 5) is 14.3. The van der Waals surface area contributed by atoms with Crippen molar-refractivity contribution in [3.05, 3.63) is 92.5 Å². The van der Waals surface area contributed by atoms with Crippen molar-refractivity contribution in [1.29, 1.82) is 0 Å². The Labute approximate surface area is 176 Å². The first kappa shape index (κ1) is 20.8. The van der Waals surface area contributed by atoms with Crippen molar-refractivity contribution < 1.29 is 17.5 Å². The van der Waals surface area contributed by atoms with Crippen LogP contribution in [0.4, 0.5) is 11.4 Å². The largest absolute Gasteiger partial charge is 0.377 e. The van der Waals surface area contributed by atoms with Crippen molar-refractivity contribution >= 4 is 50.9 Å². The SMILES string of the molecule is O=[N+]([O-])c1ccc(N=Cc2ccc(OS(=O)(=O)c3ccc(Cl)cc3)c(Cl)c2)cc1. The quantitative estimate of drug-likeness (QED) is 0.216. The highest BCUT2D eigenvalue weighted by molar-refractivity contribution is 7.87. The summed E-state index contributed by atoms with van der Waals surface area (Å²) >= 11 is 11.9. The van der Waals surface area contributed by atoms with E-state index in [1.165, 1.54) is 66.9 Å². The summed E-state index contributed by atoms with van der Waals surface area (Å²) in [6, 6.07) is 15.7. The predicted molar refractivity (Wildman–Crippen MR) is 111 cm³/mol. The van der Waals surface area contributed by atoms with Gasteiger partial charge in [0.2, 0.25) is 0 Å². The molecule has 29 heavy (non-hydrogen) atoms. The zero-order chi connectivity index (χ0) is 21.0.